The third-order valence-corrected chi connectivity index (χ3v) is 5.30. The number of nitrogens with zero attached hydrogens (tertiary/aromatic N) is 4. The Hall–Kier alpha value is -1.91. The maximum Gasteiger partial charge on any atom is 0.223 e. The van der Waals surface area contributed by atoms with Crippen molar-refractivity contribution in [3.63, 3.8) is 0 Å². The van der Waals surface area contributed by atoms with Gasteiger partial charge < -0.3 is 9.80 Å². The maximum atomic E-state index is 12.4. The molecule has 3 rings (SSSR count). The Kier molecular flexibility index (Phi) is 4.61. The lowest BCUT2D eigenvalue weighted by atomic mass is 9.77. The van der Waals surface area contributed by atoms with Crippen LogP contribution in [-0.2, 0) is 4.79 Å². The van der Waals surface area contributed by atoms with Gasteiger partial charge in [0.25, 0.3) is 0 Å². The molecule has 2 aliphatic heterocycles. The SMILES string of the molecule is CC(C)=CCN1CC2(CCN(c3nc(C)cnc3C)CC2)CC1=O. The number of aromatic nitrogens is 2. The summed E-state index contributed by atoms with van der Waals surface area (Å²) < 4.78 is 0. The van der Waals surface area contributed by atoms with Crippen LogP contribution < -0.4 is 4.90 Å². The fourth-order valence-corrected chi connectivity index (χ4v) is 3.79. The number of rotatable bonds is 3. The van der Waals surface area contributed by atoms with Crippen molar-refractivity contribution in [1.29, 1.82) is 0 Å². The van der Waals surface area contributed by atoms with Crippen molar-refractivity contribution in [2.75, 3.05) is 31.1 Å². The van der Waals surface area contributed by atoms with Crippen molar-refractivity contribution in [2.24, 2.45) is 5.41 Å². The van der Waals surface area contributed by atoms with Gasteiger partial charge in [0.1, 0.15) is 5.82 Å². The van der Waals surface area contributed by atoms with E-state index in [1.165, 1.54) is 5.57 Å². The Morgan fingerprint density at radius 1 is 1.29 bits per heavy atom. The Balaban J connectivity index is 1.66. The van der Waals surface area contributed by atoms with E-state index in [0.717, 1.165) is 56.2 Å². The van der Waals surface area contributed by atoms with Gasteiger partial charge in [-0.1, -0.05) is 11.6 Å². The monoisotopic (exact) mass is 328 g/mol. The number of carbonyl (C=O) groups is 1. The normalized spacial score (nSPS) is 19.9. The molecule has 1 aromatic heterocycles. The van der Waals surface area contributed by atoms with E-state index in [-0.39, 0.29) is 5.41 Å². The summed E-state index contributed by atoms with van der Waals surface area (Å²) in [4.78, 5) is 25.8. The number of hydrogen-bond acceptors (Lipinski definition) is 4. The minimum atomic E-state index is 0.161. The largest absolute Gasteiger partial charge is 0.355 e. The fourth-order valence-electron chi connectivity index (χ4n) is 3.79. The van der Waals surface area contributed by atoms with Crippen LogP contribution in [0.25, 0.3) is 0 Å². The lowest BCUT2D eigenvalue weighted by Crippen LogP contribution is -2.42. The van der Waals surface area contributed by atoms with Crippen LogP contribution in [0.4, 0.5) is 5.82 Å². The fraction of sp³-hybridized carbons (Fsp3) is 0.632. The van der Waals surface area contributed by atoms with Crippen molar-refractivity contribution in [1.82, 2.24) is 14.9 Å². The van der Waals surface area contributed by atoms with Gasteiger partial charge in [0.05, 0.1) is 11.4 Å². The summed E-state index contributed by atoms with van der Waals surface area (Å²) in [5.41, 5.74) is 3.38. The zero-order valence-corrected chi connectivity index (χ0v) is 15.3. The molecule has 1 aromatic rings. The van der Waals surface area contributed by atoms with Crippen molar-refractivity contribution >= 4 is 11.7 Å². The lowest BCUT2D eigenvalue weighted by molar-refractivity contribution is -0.127. The van der Waals surface area contributed by atoms with Crippen LogP contribution in [0.5, 0.6) is 0 Å². The van der Waals surface area contributed by atoms with Gasteiger partial charge in [-0.2, -0.15) is 0 Å². The van der Waals surface area contributed by atoms with Crippen LogP contribution in [-0.4, -0.2) is 47.0 Å². The molecule has 0 aromatic carbocycles. The maximum absolute atomic E-state index is 12.4. The zero-order chi connectivity index (χ0) is 17.3. The molecule has 1 spiro atoms. The Morgan fingerprint density at radius 2 is 2.00 bits per heavy atom. The summed E-state index contributed by atoms with van der Waals surface area (Å²) in [6.07, 6.45) is 6.78. The molecule has 5 heteroatoms. The number of aryl methyl sites for hydroxylation is 2. The van der Waals surface area contributed by atoms with Gasteiger partial charge in [-0.15, -0.1) is 0 Å². The van der Waals surface area contributed by atoms with Crippen molar-refractivity contribution in [2.45, 2.75) is 47.0 Å². The second kappa shape index (κ2) is 6.54. The number of amides is 1. The molecule has 0 bridgehead atoms. The molecule has 24 heavy (non-hydrogen) atoms. The average Bonchev–Trinajstić information content (AvgIpc) is 2.84. The molecule has 0 N–H and O–H groups in total. The van der Waals surface area contributed by atoms with Crippen LogP contribution in [0.15, 0.2) is 17.8 Å². The van der Waals surface area contributed by atoms with E-state index in [1.807, 2.05) is 24.9 Å². The number of carbonyl (C=O) groups excluding carboxylic acids is 1. The first-order valence-corrected chi connectivity index (χ1v) is 8.85. The highest BCUT2D eigenvalue weighted by atomic mass is 16.2. The highest BCUT2D eigenvalue weighted by Crippen LogP contribution is 2.41. The number of likely N-dealkylation sites (tertiary alicyclic amines) is 1. The third-order valence-electron chi connectivity index (χ3n) is 5.30. The van der Waals surface area contributed by atoms with Gasteiger partial charge >= 0.3 is 0 Å². The quantitative estimate of drug-likeness (QED) is 0.801. The molecule has 1 amide bonds. The van der Waals surface area contributed by atoms with Gasteiger partial charge in [0.2, 0.25) is 5.91 Å². The van der Waals surface area contributed by atoms with E-state index >= 15 is 0 Å². The van der Waals surface area contributed by atoms with E-state index in [1.54, 1.807) is 0 Å². The number of piperidine rings is 1. The standard InChI is InChI=1S/C19H28N4O/c1-14(2)5-8-23-13-19(11-17(23)24)6-9-22(10-7-19)18-16(4)20-12-15(3)21-18/h5,12H,6-11,13H2,1-4H3. The van der Waals surface area contributed by atoms with Crippen molar-refractivity contribution in [3.8, 4) is 0 Å². The molecule has 2 saturated heterocycles. The van der Waals surface area contributed by atoms with Crippen LogP contribution >= 0.6 is 0 Å². The molecule has 2 fully saturated rings. The molecule has 0 aliphatic carbocycles. The summed E-state index contributed by atoms with van der Waals surface area (Å²) in [5, 5.41) is 0. The van der Waals surface area contributed by atoms with Gasteiger partial charge in [-0.25, -0.2) is 4.98 Å². The smallest absolute Gasteiger partial charge is 0.223 e. The molecule has 3 heterocycles. The minimum absolute atomic E-state index is 0.161. The molecule has 0 radical (unpaired) electrons. The Morgan fingerprint density at radius 3 is 2.67 bits per heavy atom. The Bertz CT molecular complexity index is 655. The van der Waals surface area contributed by atoms with Gasteiger partial charge in [0, 0.05) is 44.2 Å². The van der Waals surface area contributed by atoms with Crippen LogP contribution in [0.2, 0.25) is 0 Å². The van der Waals surface area contributed by atoms with Crippen molar-refractivity contribution in [3.05, 3.63) is 29.2 Å². The number of allylic oxidation sites excluding steroid dienone is 1. The first kappa shape index (κ1) is 16.9. The van der Waals surface area contributed by atoms with Gasteiger partial charge in [0.15, 0.2) is 0 Å². The predicted octanol–water partition coefficient (Wildman–Crippen LogP) is 2.88. The first-order chi connectivity index (χ1) is 11.4. The molecule has 0 atom stereocenters. The lowest BCUT2D eigenvalue weighted by Gasteiger charge is -2.39. The zero-order valence-electron chi connectivity index (χ0n) is 15.3. The molecular weight excluding hydrogens is 300 g/mol. The van der Waals surface area contributed by atoms with Crippen molar-refractivity contribution < 1.29 is 4.79 Å². The molecule has 2 aliphatic rings. The highest BCUT2D eigenvalue weighted by molar-refractivity contribution is 5.79. The molecule has 0 unspecified atom stereocenters. The minimum Gasteiger partial charge on any atom is -0.355 e. The molecule has 5 nitrogen and oxygen atoms in total. The van der Waals surface area contributed by atoms with Crippen LogP contribution in [0.1, 0.15) is 44.5 Å². The predicted molar refractivity (Wildman–Crippen MR) is 96.0 cm³/mol. The number of anilines is 1. The summed E-state index contributed by atoms with van der Waals surface area (Å²) >= 11 is 0. The molecule has 130 valence electrons. The van der Waals surface area contributed by atoms with Crippen LogP contribution in [0.3, 0.4) is 0 Å². The Labute approximate surface area is 144 Å². The molecule has 0 saturated carbocycles. The third kappa shape index (κ3) is 3.45. The van der Waals surface area contributed by atoms with E-state index < -0.39 is 0 Å². The summed E-state index contributed by atoms with van der Waals surface area (Å²) in [7, 11) is 0. The summed E-state index contributed by atoms with van der Waals surface area (Å²) in [6.45, 7) is 11.8. The van der Waals surface area contributed by atoms with Gasteiger partial charge in [-0.05, 0) is 40.5 Å². The molecular formula is C19H28N4O. The summed E-state index contributed by atoms with van der Waals surface area (Å²) in [6, 6.07) is 0. The van der Waals surface area contributed by atoms with Gasteiger partial charge in [-0.3, -0.25) is 9.78 Å². The highest BCUT2D eigenvalue weighted by Gasteiger charge is 2.44. The van der Waals surface area contributed by atoms with E-state index in [2.05, 4.69) is 34.8 Å². The topological polar surface area (TPSA) is 49.3 Å². The van der Waals surface area contributed by atoms with Crippen LogP contribution in [0, 0.1) is 19.3 Å². The second-order valence-electron chi connectivity index (χ2n) is 7.64. The van der Waals surface area contributed by atoms with E-state index in [0.29, 0.717) is 12.3 Å². The first-order valence-electron chi connectivity index (χ1n) is 8.85. The average molecular weight is 328 g/mol. The number of hydrogen-bond donors (Lipinski definition) is 0. The van der Waals surface area contributed by atoms with E-state index in [9.17, 15) is 4.79 Å². The summed E-state index contributed by atoms with van der Waals surface area (Å²) in [5.74, 6) is 1.32. The van der Waals surface area contributed by atoms with E-state index in [4.69, 9.17) is 0 Å². The second-order valence-corrected chi connectivity index (χ2v) is 7.64.